The van der Waals surface area contributed by atoms with Gasteiger partial charge in [-0.1, -0.05) is 13.8 Å². The van der Waals surface area contributed by atoms with Gasteiger partial charge in [0, 0.05) is 31.6 Å². The highest BCUT2D eigenvalue weighted by molar-refractivity contribution is 7.13. The van der Waals surface area contributed by atoms with Gasteiger partial charge < -0.3 is 15.0 Å². The third kappa shape index (κ3) is 3.70. The summed E-state index contributed by atoms with van der Waals surface area (Å²) < 4.78 is 5.80. The fourth-order valence-electron chi connectivity index (χ4n) is 2.21. The molecule has 20 heavy (non-hydrogen) atoms. The van der Waals surface area contributed by atoms with Crippen LogP contribution in [0.5, 0.6) is 0 Å². The molecule has 0 bridgehead atoms. The van der Waals surface area contributed by atoms with Crippen LogP contribution >= 0.6 is 11.3 Å². The van der Waals surface area contributed by atoms with E-state index in [1.165, 1.54) is 11.3 Å². The second-order valence-electron chi connectivity index (χ2n) is 5.33. The predicted molar refractivity (Wildman–Crippen MR) is 81.4 cm³/mol. The molecule has 1 amide bonds. The molecule has 1 N–H and O–H groups in total. The number of carbonyl (C=O) groups excluding carboxylic acids is 1. The lowest BCUT2D eigenvalue weighted by molar-refractivity contribution is 0.0221. The Bertz CT molecular complexity index is 447. The van der Waals surface area contributed by atoms with Crippen LogP contribution in [0.3, 0.4) is 0 Å². The van der Waals surface area contributed by atoms with E-state index in [1.807, 2.05) is 17.2 Å². The molecule has 112 valence electrons. The van der Waals surface area contributed by atoms with Gasteiger partial charge in [0.05, 0.1) is 6.10 Å². The molecular formula is C14H23N3O2S. The van der Waals surface area contributed by atoms with Crippen LogP contribution in [0.15, 0.2) is 5.38 Å². The van der Waals surface area contributed by atoms with Crippen LogP contribution < -0.4 is 5.32 Å². The molecule has 1 aromatic heterocycles. The molecular weight excluding hydrogens is 274 g/mol. The average Bonchev–Trinajstić information content (AvgIpc) is 2.74. The lowest BCUT2D eigenvalue weighted by atomic mass is 10.1. The van der Waals surface area contributed by atoms with Crippen LogP contribution in [-0.4, -0.2) is 48.1 Å². The minimum Gasteiger partial charge on any atom is -0.376 e. The summed E-state index contributed by atoms with van der Waals surface area (Å²) in [5, 5.41) is 5.77. The van der Waals surface area contributed by atoms with Crippen molar-refractivity contribution in [2.24, 2.45) is 5.92 Å². The van der Waals surface area contributed by atoms with E-state index >= 15 is 0 Å². The van der Waals surface area contributed by atoms with Gasteiger partial charge in [-0.2, -0.15) is 0 Å². The summed E-state index contributed by atoms with van der Waals surface area (Å²) in [5.41, 5.74) is 0.537. The molecule has 0 radical (unpaired) electrons. The number of nitrogens with one attached hydrogen (secondary N) is 1. The highest BCUT2D eigenvalue weighted by Gasteiger charge is 2.26. The number of hydrogen-bond acceptors (Lipinski definition) is 5. The largest absolute Gasteiger partial charge is 0.376 e. The first-order chi connectivity index (χ1) is 9.61. The van der Waals surface area contributed by atoms with Gasteiger partial charge in [-0.15, -0.1) is 11.3 Å². The molecule has 0 spiro atoms. The van der Waals surface area contributed by atoms with E-state index in [-0.39, 0.29) is 12.0 Å². The predicted octanol–water partition coefficient (Wildman–Crippen LogP) is 2.46. The first-order valence-electron chi connectivity index (χ1n) is 7.22. The number of carbonyl (C=O) groups is 1. The third-order valence-corrected chi connectivity index (χ3v) is 4.19. The smallest absolute Gasteiger partial charge is 0.273 e. The number of amides is 1. The van der Waals surface area contributed by atoms with E-state index in [0.717, 1.165) is 31.2 Å². The zero-order valence-electron chi connectivity index (χ0n) is 12.4. The van der Waals surface area contributed by atoms with E-state index in [9.17, 15) is 4.79 Å². The minimum absolute atomic E-state index is 0.0153. The summed E-state index contributed by atoms with van der Waals surface area (Å²) in [6.07, 6.45) is 1.01. The number of rotatable bonds is 4. The quantitative estimate of drug-likeness (QED) is 0.927. The number of anilines is 1. The van der Waals surface area contributed by atoms with E-state index in [4.69, 9.17) is 4.74 Å². The van der Waals surface area contributed by atoms with Crippen molar-refractivity contribution < 1.29 is 9.53 Å². The average molecular weight is 297 g/mol. The maximum Gasteiger partial charge on any atom is 0.273 e. The lowest BCUT2D eigenvalue weighted by Gasteiger charge is -2.25. The highest BCUT2D eigenvalue weighted by Crippen LogP contribution is 2.19. The lowest BCUT2D eigenvalue weighted by Crippen LogP contribution is -2.38. The number of thiazole rings is 1. The van der Waals surface area contributed by atoms with Gasteiger partial charge in [0.15, 0.2) is 5.13 Å². The monoisotopic (exact) mass is 297 g/mol. The molecule has 0 aromatic carbocycles. The van der Waals surface area contributed by atoms with Crippen molar-refractivity contribution in [2.75, 3.05) is 31.6 Å². The zero-order valence-corrected chi connectivity index (χ0v) is 13.2. The van der Waals surface area contributed by atoms with E-state index in [2.05, 4.69) is 24.1 Å². The van der Waals surface area contributed by atoms with Crippen molar-refractivity contribution in [3.63, 3.8) is 0 Å². The molecule has 6 heteroatoms. The Labute approximate surface area is 124 Å². The second kappa shape index (κ2) is 7.04. The highest BCUT2D eigenvalue weighted by atomic mass is 32.1. The molecule has 2 rings (SSSR count). The SMILES string of the molecule is CCNc1nc(C(=O)N2CCCOC(C(C)C)C2)cs1. The van der Waals surface area contributed by atoms with Crippen molar-refractivity contribution in [1.29, 1.82) is 0 Å². The fraction of sp³-hybridized carbons (Fsp3) is 0.714. The summed E-state index contributed by atoms with van der Waals surface area (Å²) in [4.78, 5) is 18.8. The molecule has 5 nitrogen and oxygen atoms in total. The van der Waals surface area contributed by atoms with Crippen molar-refractivity contribution in [1.82, 2.24) is 9.88 Å². The molecule has 1 unspecified atom stereocenters. The summed E-state index contributed by atoms with van der Waals surface area (Å²) in [6.45, 7) is 9.22. The molecule has 0 saturated carbocycles. The normalized spacial score (nSPS) is 20.0. The number of hydrogen-bond donors (Lipinski definition) is 1. The standard InChI is InChI=1S/C14H23N3O2S/c1-4-15-14-16-11(9-20-14)13(18)17-6-5-7-19-12(8-17)10(2)3/h9-10,12H,4-8H2,1-3H3,(H,15,16). The Kier molecular flexibility index (Phi) is 5.37. The van der Waals surface area contributed by atoms with Gasteiger partial charge in [0.25, 0.3) is 5.91 Å². The zero-order chi connectivity index (χ0) is 14.5. The van der Waals surface area contributed by atoms with E-state index < -0.39 is 0 Å². The number of ether oxygens (including phenoxy) is 1. The number of nitrogens with zero attached hydrogens (tertiary/aromatic N) is 2. The van der Waals surface area contributed by atoms with Gasteiger partial charge in [-0.25, -0.2) is 4.98 Å². The van der Waals surface area contributed by atoms with Gasteiger partial charge in [-0.3, -0.25) is 4.79 Å². The first-order valence-corrected chi connectivity index (χ1v) is 8.10. The van der Waals surface area contributed by atoms with Crippen LogP contribution in [-0.2, 0) is 4.74 Å². The van der Waals surface area contributed by atoms with E-state index in [0.29, 0.717) is 18.2 Å². The van der Waals surface area contributed by atoms with Crippen LogP contribution in [0.25, 0.3) is 0 Å². The molecule has 1 aliphatic rings. The maximum atomic E-state index is 12.5. The van der Waals surface area contributed by atoms with Crippen LogP contribution in [0.2, 0.25) is 0 Å². The summed E-state index contributed by atoms with van der Waals surface area (Å²) in [6, 6.07) is 0. The Hall–Kier alpha value is -1.14. The fourth-order valence-corrected chi connectivity index (χ4v) is 2.96. The van der Waals surface area contributed by atoms with Gasteiger partial charge in [0.1, 0.15) is 5.69 Å². The molecule has 0 aliphatic carbocycles. The van der Waals surface area contributed by atoms with Crippen LogP contribution in [0.4, 0.5) is 5.13 Å². The minimum atomic E-state index is 0.0153. The van der Waals surface area contributed by atoms with Crippen molar-refractivity contribution in [3.05, 3.63) is 11.1 Å². The van der Waals surface area contributed by atoms with Crippen molar-refractivity contribution >= 4 is 22.4 Å². The van der Waals surface area contributed by atoms with E-state index in [1.54, 1.807) is 0 Å². The summed E-state index contributed by atoms with van der Waals surface area (Å²) in [7, 11) is 0. The van der Waals surface area contributed by atoms with Crippen molar-refractivity contribution in [2.45, 2.75) is 33.3 Å². The Morgan fingerprint density at radius 2 is 2.45 bits per heavy atom. The summed E-state index contributed by atoms with van der Waals surface area (Å²) in [5.74, 6) is 0.428. The van der Waals surface area contributed by atoms with Gasteiger partial charge in [0.2, 0.25) is 0 Å². The molecule has 2 heterocycles. The van der Waals surface area contributed by atoms with Gasteiger partial charge >= 0.3 is 0 Å². The first kappa shape index (κ1) is 15.3. The van der Waals surface area contributed by atoms with Crippen molar-refractivity contribution in [3.8, 4) is 0 Å². The van der Waals surface area contributed by atoms with Crippen LogP contribution in [0.1, 0.15) is 37.7 Å². The molecule has 1 saturated heterocycles. The maximum absolute atomic E-state index is 12.5. The van der Waals surface area contributed by atoms with Crippen LogP contribution in [0, 0.1) is 5.92 Å². The molecule has 1 aliphatic heterocycles. The Morgan fingerprint density at radius 1 is 1.65 bits per heavy atom. The second-order valence-corrected chi connectivity index (χ2v) is 6.18. The molecule has 1 atom stereocenters. The number of aromatic nitrogens is 1. The topological polar surface area (TPSA) is 54.5 Å². The molecule has 1 fully saturated rings. The van der Waals surface area contributed by atoms with Gasteiger partial charge in [-0.05, 0) is 19.3 Å². The Balaban J connectivity index is 2.05. The summed E-state index contributed by atoms with van der Waals surface area (Å²) >= 11 is 1.48. The third-order valence-electron chi connectivity index (χ3n) is 3.39. The molecule has 1 aromatic rings. The Morgan fingerprint density at radius 3 is 3.15 bits per heavy atom.